The van der Waals surface area contributed by atoms with Crippen molar-refractivity contribution in [3.05, 3.63) is 47.5 Å². The predicted octanol–water partition coefficient (Wildman–Crippen LogP) is 3.76. The van der Waals surface area contributed by atoms with Crippen LogP contribution in [0.3, 0.4) is 0 Å². The van der Waals surface area contributed by atoms with E-state index in [1.54, 1.807) is 11.0 Å². The molecule has 0 radical (unpaired) electrons. The summed E-state index contributed by atoms with van der Waals surface area (Å²) in [5, 5.41) is 15.9. The molecule has 22 heavy (non-hydrogen) atoms. The topological polar surface area (TPSA) is 50.9 Å². The third-order valence-corrected chi connectivity index (χ3v) is 5.00. The summed E-state index contributed by atoms with van der Waals surface area (Å²) in [5.74, 6) is 0.346. The van der Waals surface area contributed by atoms with Gasteiger partial charge in [-0.3, -0.25) is 0 Å². The number of nitrogens with zero attached hydrogens (tertiary/aromatic N) is 3. The van der Waals surface area contributed by atoms with E-state index in [-0.39, 0.29) is 11.5 Å². The van der Waals surface area contributed by atoms with Crippen LogP contribution in [0.4, 0.5) is 0 Å². The molecule has 1 aromatic carbocycles. The first-order valence-corrected chi connectivity index (χ1v) is 7.96. The first-order valence-electron chi connectivity index (χ1n) is 7.59. The van der Waals surface area contributed by atoms with Gasteiger partial charge in [-0.15, -0.1) is 0 Å². The molecule has 2 aromatic rings. The van der Waals surface area contributed by atoms with Crippen LogP contribution in [-0.2, 0) is 6.42 Å². The molecule has 0 aliphatic carbocycles. The first-order chi connectivity index (χ1) is 10.3. The second kappa shape index (κ2) is 6.80. The number of hydrogen-bond acceptors (Lipinski definition) is 3. The molecule has 120 valence electrons. The lowest BCUT2D eigenvalue weighted by Gasteiger charge is -2.39. The molecule has 2 rings (SSSR count). The number of benzene rings is 1. The van der Waals surface area contributed by atoms with Crippen LogP contribution in [0.15, 0.2) is 36.9 Å². The van der Waals surface area contributed by atoms with Gasteiger partial charge in [-0.25, -0.2) is 9.67 Å². The number of aliphatic hydroxyl groups is 1. The summed E-state index contributed by atoms with van der Waals surface area (Å²) in [6, 6.07) is 7.55. The van der Waals surface area contributed by atoms with Gasteiger partial charge in [0.25, 0.3) is 0 Å². The molecule has 1 heterocycles. The Balaban J connectivity index is 2.29. The number of aliphatic hydroxyl groups excluding tert-OH is 1. The summed E-state index contributed by atoms with van der Waals surface area (Å²) in [6.07, 6.45) is 3.31. The SMILES string of the molecule is CC(C)C(C)(C)C(O)C(Cc1ccc(Cl)cc1)n1cncn1. The third-order valence-electron chi connectivity index (χ3n) is 4.75. The van der Waals surface area contributed by atoms with E-state index in [4.69, 9.17) is 11.6 Å². The van der Waals surface area contributed by atoms with Gasteiger partial charge < -0.3 is 5.11 Å². The number of rotatable bonds is 6. The third kappa shape index (κ3) is 3.68. The van der Waals surface area contributed by atoms with Gasteiger partial charge in [0.05, 0.1) is 12.1 Å². The van der Waals surface area contributed by atoms with Crippen LogP contribution in [0.1, 0.15) is 39.3 Å². The highest BCUT2D eigenvalue weighted by Crippen LogP contribution is 2.36. The Bertz CT molecular complexity index is 578. The molecule has 1 aromatic heterocycles. The highest BCUT2D eigenvalue weighted by atomic mass is 35.5. The van der Waals surface area contributed by atoms with E-state index in [9.17, 15) is 5.11 Å². The van der Waals surface area contributed by atoms with Gasteiger partial charge in [-0.1, -0.05) is 51.4 Å². The average Bonchev–Trinajstić information content (AvgIpc) is 2.99. The zero-order chi connectivity index (χ0) is 16.3. The van der Waals surface area contributed by atoms with Gasteiger partial charge in [0.2, 0.25) is 0 Å². The van der Waals surface area contributed by atoms with Gasteiger partial charge in [-0.05, 0) is 35.4 Å². The zero-order valence-corrected chi connectivity index (χ0v) is 14.3. The van der Waals surface area contributed by atoms with Crippen molar-refractivity contribution in [2.45, 2.75) is 46.3 Å². The first kappa shape index (κ1) is 17.0. The van der Waals surface area contributed by atoms with Crippen molar-refractivity contribution in [1.82, 2.24) is 14.8 Å². The molecular weight excluding hydrogens is 298 g/mol. The molecule has 2 atom stereocenters. The Hall–Kier alpha value is -1.39. The highest BCUT2D eigenvalue weighted by molar-refractivity contribution is 6.30. The molecule has 2 unspecified atom stereocenters. The summed E-state index contributed by atoms with van der Waals surface area (Å²) in [4.78, 5) is 4.03. The normalized spacial score (nSPS) is 15.0. The van der Waals surface area contributed by atoms with E-state index < -0.39 is 6.10 Å². The van der Waals surface area contributed by atoms with E-state index >= 15 is 0 Å². The van der Waals surface area contributed by atoms with E-state index in [0.717, 1.165) is 5.56 Å². The number of hydrogen-bond donors (Lipinski definition) is 1. The Morgan fingerprint density at radius 3 is 2.36 bits per heavy atom. The maximum Gasteiger partial charge on any atom is 0.137 e. The van der Waals surface area contributed by atoms with E-state index in [0.29, 0.717) is 17.4 Å². The molecule has 0 bridgehead atoms. The molecule has 0 aliphatic rings. The minimum Gasteiger partial charge on any atom is -0.390 e. The minimum atomic E-state index is -0.537. The van der Waals surface area contributed by atoms with Crippen LogP contribution < -0.4 is 0 Å². The van der Waals surface area contributed by atoms with Crippen LogP contribution in [0.25, 0.3) is 0 Å². The summed E-state index contributed by atoms with van der Waals surface area (Å²) in [5.41, 5.74) is 0.881. The van der Waals surface area contributed by atoms with Gasteiger partial charge >= 0.3 is 0 Å². The fourth-order valence-corrected chi connectivity index (χ4v) is 2.56. The molecule has 4 nitrogen and oxygen atoms in total. The molecule has 0 fully saturated rings. The Kier molecular flexibility index (Phi) is 5.24. The average molecular weight is 322 g/mol. The standard InChI is InChI=1S/C17H24ClN3O/c1-12(2)17(3,4)16(22)15(21-11-19-10-20-21)9-13-5-7-14(18)8-6-13/h5-8,10-12,15-16,22H,9H2,1-4H3. The minimum absolute atomic E-state index is 0.166. The lowest BCUT2D eigenvalue weighted by molar-refractivity contribution is -0.0240. The van der Waals surface area contributed by atoms with Crippen molar-refractivity contribution >= 4 is 11.6 Å². The summed E-state index contributed by atoms with van der Waals surface area (Å²) in [7, 11) is 0. The van der Waals surface area contributed by atoms with Crippen LogP contribution in [0, 0.1) is 11.3 Å². The van der Waals surface area contributed by atoms with Crippen molar-refractivity contribution in [3.63, 3.8) is 0 Å². The molecule has 0 saturated carbocycles. The van der Waals surface area contributed by atoms with E-state index in [1.807, 2.05) is 24.3 Å². The fourth-order valence-electron chi connectivity index (χ4n) is 2.44. The van der Waals surface area contributed by atoms with Gasteiger partial charge in [0, 0.05) is 5.02 Å². The molecule has 1 N–H and O–H groups in total. The smallest absolute Gasteiger partial charge is 0.137 e. The van der Waals surface area contributed by atoms with Crippen molar-refractivity contribution in [2.24, 2.45) is 11.3 Å². The molecule has 0 saturated heterocycles. The van der Waals surface area contributed by atoms with Crippen molar-refractivity contribution in [3.8, 4) is 0 Å². The van der Waals surface area contributed by atoms with E-state index in [1.165, 1.54) is 6.33 Å². The van der Waals surface area contributed by atoms with E-state index in [2.05, 4.69) is 37.8 Å². The fraction of sp³-hybridized carbons (Fsp3) is 0.529. The second-order valence-electron chi connectivity index (χ2n) is 6.69. The molecular formula is C17H24ClN3O. The Labute approximate surface area is 137 Å². The quantitative estimate of drug-likeness (QED) is 0.881. The molecule has 0 spiro atoms. The maximum atomic E-state index is 11.0. The lowest BCUT2D eigenvalue weighted by Crippen LogP contribution is -2.41. The Morgan fingerprint density at radius 2 is 1.86 bits per heavy atom. The monoisotopic (exact) mass is 321 g/mol. The molecule has 0 amide bonds. The van der Waals surface area contributed by atoms with Crippen molar-refractivity contribution < 1.29 is 5.11 Å². The van der Waals surface area contributed by atoms with Crippen LogP contribution in [0.5, 0.6) is 0 Å². The molecule has 5 heteroatoms. The largest absolute Gasteiger partial charge is 0.390 e. The lowest BCUT2D eigenvalue weighted by atomic mass is 9.73. The van der Waals surface area contributed by atoms with Crippen molar-refractivity contribution in [1.29, 1.82) is 0 Å². The zero-order valence-electron chi connectivity index (χ0n) is 13.6. The highest BCUT2D eigenvalue weighted by Gasteiger charge is 2.38. The number of halogens is 1. The summed E-state index contributed by atoms with van der Waals surface area (Å²) in [6.45, 7) is 8.44. The van der Waals surface area contributed by atoms with Gasteiger partial charge in [0.15, 0.2) is 0 Å². The van der Waals surface area contributed by atoms with Crippen molar-refractivity contribution in [2.75, 3.05) is 0 Å². The molecule has 0 aliphatic heterocycles. The second-order valence-corrected chi connectivity index (χ2v) is 7.13. The van der Waals surface area contributed by atoms with Crippen LogP contribution in [-0.4, -0.2) is 26.0 Å². The summed E-state index contributed by atoms with van der Waals surface area (Å²) >= 11 is 5.95. The van der Waals surface area contributed by atoms with Gasteiger partial charge in [-0.2, -0.15) is 5.10 Å². The van der Waals surface area contributed by atoms with Gasteiger partial charge in [0.1, 0.15) is 12.7 Å². The van der Waals surface area contributed by atoms with Crippen LogP contribution >= 0.6 is 11.6 Å². The summed E-state index contributed by atoms with van der Waals surface area (Å²) < 4.78 is 1.75. The predicted molar refractivity (Wildman–Crippen MR) is 88.8 cm³/mol. The number of aromatic nitrogens is 3. The Morgan fingerprint density at radius 1 is 1.23 bits per heavy atom. The maximum absolute atomic E-state index is 11.0. The van der Waals surface area contributed by atoms with Crippen LogP contribution in [0.2, 0.25) is 5.02 Å².